The van der Waals surface area contributed by atoms with Gasteiger partial charge in [0.25, 0.3) is 0 Å². The molecule has 9 heteroatoms. The molecule has 20 heavy (non-hydrogen) atoms. The Morgan fingerprint density at radius 1 is 1.55 bits per heavy atom. The molecule has 0 radical (unpaired) electrons. The van der Waals surface area contributed by atoms with Crippen molar-refractivity contribution in [3.63, 3.8) is 0 Å². The van der Waals surface area contributed by atoms with Crippen LogP contribution in [0.3, 0.4) is 0 Å². The van der Waals surface area contributed by atoms with Gasteiger partial charge in [0, 0.05) is 6.42 Å². The fourth-order valence-electron chi connectivity index (χ4n) is 2.25. The van der Waals surface area contributed by atoms with Crippen LogP contribution in [0.1, 0.15) is 6.42 Å². The van der Waals surface area contributed by atoms with Crippen LogP contribution in [0.4, 0.5) is 10.2 Å². The molecule has 106 valence electrons. The second-order valence-corrected chi connectivity index (χ2v) is 4.58. The van der Waals surface area contributed by atoms with E-state index in [2.05, 4.69) is 15.0 Å². The van der Waals surface area contributed by atoms with E-state index in [0.717, 1.165) is 0 Å². The lowest BCUT2D eigenvalue weighted by molar-refractivity contribution is -0.149. The summed E-state index contributed by atoms with van der Waals surface area (Å²) < 4.78 is 20.6. The second kappa shape index (κ2) is 4.67. The molecule has 0 spiro atoms. The SMILES string of the molecule is Nc1ncnc2c1ncn2C[C@@H]1O[C@H](C(=O)O)C[C@@H]1F. The number of imidazole rings is 1. The first-order valence-electron chi connectivity index (χ1n) is 6.00. The van der Waals surface area contributed by atoms with Gasteiger partial charge in [-0.25, -0.2) is 24.1 Å². The van der Waals surface area contributed by atoms with Gasteiger partial charge in [-0.15, -0.1) is 0 Å². The smallest absolute Gasteiger partial charge is 0.332 e. The van der Waals surface area contributed by atoms with Crippen LogP contribution in [0, 0.1) is 0 Å². The summed E-state index contributed by atoms with van der Waals surface area (Å²) in [5.41, 5.74) is 6.55. The number of ether oxygens (including phenoxy) is 1. The van der Waals surface area contributed by atoms with E-state index in [1.54, 1.807) is 4.57 Å². The van der Waals surface area contributed by atoms with E-state index in [9.17, 15) is 9.18 Å². The number of nitrogen functional groups attached to an aromatic ring is 1. The molecule has 1 saturated heterocycles. The third-order valence-electron chi connectivity index (χ3n) is 3.26. The van der Waals surface area contributed by atoms with Crippen LogP contribution in [-0.4, -0.2) is 49.0 Å². The lowest BCUT2D eigenvalue weighted by atomic mass is 10.1. The lowest BCUT2D eigenvalue weighted by Crippen LogP contribution is -2.25. The number of nitrogens with two attached hydrogens (primary N) is 1. The molecule has 1 fully saturated rings. The number of fused-ring (bicyclic) bond motifs is 1. The summed E-state index contributed by atoms with van der Waals surface area (Å²) in [5, 5.41) is 8.84. The Labute approximate surface area is 112 Å². The van der Waals surface area contributed by atoms with E-state index in [1.807, 2.05) is 0 Å². The number of hydrogen-bond donors (Lipinski definition) is 2. The number of aromatic nitrogens is 4. The highest BCUT2D eigenvalue weighted by molar-refractivity contribution is 5.81. The summed E-state index contributed by atoms with van der Waals surface area (Å²) in [5.74, 6) is -0.918. The Morgan fingerprint density at radius 3 is 3.05 bits per heavy atom. The van der Waals surface area contributed by atoms with Crippen molar-refractivity contribution in [2.45, 2.75) is 31.3 Å². The molecule has 0 aliphatic carbocycles. The highest BCUT2D eigenvalue weighted by atomic mass is 19.1. The van der Waals surface area contributed by atoms with Gasteiger partial charge in [0.1, 0.15) is 24.1 Å². The third kappa shape index (κ3) is 2.05. The summed E-state index contributed by atoms with van der Waals surface area (Å²) >= 11 is 0. The molecule has 3 heterocycles. The van der Waals surface area contributed by atoms with Crippen LogP contribution in [-0.2, 0) is 16.1 Å². The van der Waals surface area contributed by atoms with E-state index >= 15 is 0 Å². The normalized spacial score (nSPS) is 26.1. The van der Waals surface area contributed by atoms with Crippen molar-refractivity contribution in [3.8, 4) is 0 Å². The van der Waals surface area contributed by atoms with E-state index in [0.29, 0.717) is 11.2 Å². The number of halogens is 1. The molecular weight excluding hydrogens is 269 g/mol. The Hall–Kier alpha value is -2.29. The van der Waals surface area contributed by atoms with E-state index < -0.39 is 24.3 Å². The van der Waals surface area contributed by atoms with Gasteiger partial charge in [-0.05, 0) is 0 Å². The molecule has 1 aliphatic rings. The quantitative estimate of drug-likeness (QED) is 0.812. The number of anilines is 1. The molecule has 2 aromatic rings. The maximum Gasteiger partial charge on any atom is 0.332 e. The molecule has 0 amide bonds. The zero-order valence-corrected chi connectivity index (χ0v) is 10.3. The fourth-order valence-corrected chi connectivity index (χ4v) is 2.25. The molecule has 3 N–H and O–H groups in total. The summed E-state index contributed by atoms with van der Waals surface area (Å²) in [6.07, 6.45) is -0.691. The minimum Gasteiger partial charge on any atom is -0.479 e. The van der Waals surface area contributed by atoms with Gasteiger partial charge in [-0.1, -0.05) is 0 Å². The molecular formula is C11H12FN5O3. The Bertz CT molecular complexity index is 661. The van der Waals surface area contributed by atoms with E-state index in [4.69, 9.17) is 15.6 Å². The maximum absolute atomic E-state index is 13.8. The highest BCUT2D eigenvalue weighted by Crippen LogP contribution is 2.26. The number of carboxylic acids is 1. The summed E-state index contributed by atoms with van der Waals surface area (Å²) in [7, 11) is 0. The van der Waals surface area contributed by atoms with Crippen LogP contribution in [0.5, 0.6) is 0 Å². The predicted molar refractivity (Wildman–Crippen MR) is 65.5 cm³/mol. The van der Waals surface area contributed by atoms with Crippen LogP contribution in [0.15, 0.2) is 12.7 Å². The highest BCUT2D eigenvalue weighted by Gasteiger charge is 2.39. The van der Waals surface area contributed by atoms with E-state index in [-0.39, 0.29) is 18.8 Å². The fraction of sp³-hybridized carbons (Fsp3) is 0.455. The van der Waals surface area contributed by atoms with Crippen LogP contribution in [0.25, 0.3) is 11.2 Å². The van der Waals surface area contributed by atoms with Gasteiger partial charge in [0.15, 0.2) is 17.6 Å². The molecule has 1 aliphatic heterocycles. The Balaban J connectivity index is 1.83. The first-order valence-corrected chi connectivity index (χ1v) is 6.00. The minimum atomic E-state index is -1.34. The summed E-state index contributed by atoms with van der Waals surface area (Å²) in [6, 6.07) is 0. The van der Waals surface area contributed by atoms with Gasteiger partial charge in [0.2, 0.25) is 0 Å². The molecule has 2 aromatic heterocycles. The first kappa shape index (κ1) is 12.7. The predicted octanol–water partition coefficient (Wildman–Crippen LogP) is -0.0113. The first-order chi connectivity index (χ1) is 9.56. The Morgan fingerprint density at radius 2 is 2.35 bits per heavy atom. The van der Waals surface area contributed by atoms with Gasteiger partial charge < -0.3 is 20.1 Å². The number of hydrogen-bond acceptors (Lipinski definition) is 6. The van der Waals surface area contributed by atoms with Gasteiger partial charge >= 0.3 is 5.97 Å². The number of carboxylic acid groups (broad SMARTS) is 1. The molecule has 0 unspecified atom stereocenters. The zero-order valence-electron chi connectivity index (χ0n) is 10.3. The third-order valence-corrected chi connectivity index (χ3v) is 3.26. The van der Waals surface area contributed by atoms with Crippen LogP contribution < -0.4 is 5.73 Å². The largest absolute Gasteiger partial charge is 0.479 e. The van der Waals surface area contributed by atoms with Gasteiger partial charge in [0.05, 0.1) is 12.9 Å². The van der Waals surface area contributed by atoms with Crippen LogP contribution in [0.2, 0.25) is 0 Å². The maximum atomic E-state index is 13.8. The zero-order chi connectivity index (χ0) is 14.3. The average molecular weight is 281 g/mol. The summed E-state index contributed by atoms with van der Waals surface area (Å²) in [6.45, 7) is 0.123. The van der Waals surface area contributed by atoms with E-state index in [1.165, 1.54) is 12.7 Å². The Kier molecular flexibility index (Phi) is 2.97. The topological polar surface area (TPSA) is 116 Å². The molecule has 8 nitrogen and oxygen atoms in total. The molecule has 0 aromatic carbocycles. The number of nitrogens with zero attached hydrogens (tertiary/aromatic N) is 4. The van der Waals surface area contributed by atoms with Gasteiger partial charge in [-0.2, -0.15) is 0 Å². The van der Waals surface area contributed by atoms with Crippen molar-refractivity contribution >= 4 is 23.0 Å². The monoisotopic (exact) mass is 281 g/mol. The number of carbonyl (C=O) groups is 1. The number of aliphatic carboxylic acids is 1. The van der Waals surface area contributed by atoms with Crippen molar-refractivity contribution < 1.29 is 19.0 Å². The van der Waals surface area contributed by atoms with Crippen molar-refractivity contribution in [3.05, 3.63) is 12.7 Å². The molecule has 3 rings (SSSR count). The standard InChI is InChI=1S/C11H12FN5O3/c12-5-1-6(11(18)19)20-7(5)2-17-4-16-8-9(13)14-3-15-10(8)17/h3-7H,1-2H2,(H,18,19)(H2,13,14,15)/t5-,6-,7-/m0/s1. The van der Waals surface area contributed by atoms with Crippen molar-refractivity contribution in [1.29, 1.82) is 0 Å². The van der Waals surface area contributed by atoms with Crippen molar-refractivity contribution in [2.75, 3.05) is 5.73 Å². The average Bonchev–Trinajstić information content (AvgIpc) is 2.97. The van der Waals surface area contributed by atoms with Gasteiger partial charge in [-0.3, -0.25) is 0 Å². The summed E-state index contributed by atoms with van der Waals surface area (Å²) in [4.78, 5) is 22.7. The lowest BCUT2D eigenvalue weighted by Gasteiger charge is -2.13. The number of rotatable bonds is 3. The van der Waals surface area contributed by atoms with Crippen LogP contribution >= 0.6 is 0 Å². The van der Waals surface area contributed by atoms with Crippen molar-refractivity contribution in [2.24, 2.45) is 0 Å². The molecule has 0 saturated carbocycles. The molecule has 0 bridgehead atoms. The molecule has 3 atom stereocenters. The second-order valence-electron chi connectivity index (χ2n) is 4.58. The minimum absolute atomic E-state index is 0.123. The number of alkyl halides is 1. The van der Waals surface area contributed by atoms with Crippen molar-refractivity contribution in [1.82, 2.24) is 19.5 Å².